The van der Waals surface area contributed by atoms with E-state index in [1.807, 2.05) is 0 Å². The maximum absolute atomic E-state index is 12.0. The number of carbonyl (C=O) groups excluding carboxylic acids is 2. The fourth-order valence-corrected chi connectivity index (χ4v) is 2.19. The van der Waals surface area contributed by atoms with E-state index in [1.54, 1.807) is 25.1 Å². The summed E-state index contributed by atoms with van der Waals surface area (Å²) in [4.78, 5) is 24.0. The highest BCUT2D eigenvalue weighted by Crippen LogP contribution is 2.29. The first-order chi connectivity index (χ1) is 8.65. The van der Waals surface area contributed by atoms with Crippen molar-refractivity contribution in [3.8, 4) is 5.75 Å². The third kappa shape index (κ3) is 2.48. The number of alkyl halides is 1. The minimum atomic E-state index is -0.146. The topological polar surface area (TPSA) is 43.4 Å². The van der Waals surface area contributed by atoms with Crippen LogP contribution < -0.4 is 4.74 Å². The number of fused-ring (bicyclic) bond motifs is 1. The second kappa shape index (κ2) is 5.65. The summed E-state index contributed by atoms with van der Waals surface area (Å²) in [5, 5.41) is 0. The van der Waals surface area contributed by atoms with Crippen molar-refractivity contribution in [1.29, 1.82) is 0 Å². The molecule has 4 heteroatoms. The Hall–Kier alpha value is -1.17. The summed E-state index contributed by atoms with van der Waals surface area (Å²) in [5.41, 5.74) is 1.34. The number of ether oxygens (including phenoxy) is 1. The minimum absolute atomic E-state index is 0.0936. The average molecular weight is 356 g/mol. The lowest BCUT2D eigenvalue weighted by molar-refractivity contribution is 0.0981. The van der Waals surface area contributed by atoms with Crippen LogP contribution in [0, 0.1) is 0 Å². The largest absolute Gasteiger partial charge is 0.493 e. The van der Waals surface area contributed by atoms with E-state index in [4.69, 9.17) is 4.74 Å². The second-order valence-electron chi connectivity index (χ2n) is 4.09. The first kappa shape index (κ1) is 13.3. The number of allylic oxidation sites excluding steroid dienone is 2. The highest BCUT2D eigenvalue weighted by atomic mass is 127. The normalized spacial score (nSPS) is 14.2. The first-order valence-corrected chi connectivity index (χ1v) is 7.27. The van der Waals surface area contributed by atoms with Gasteiger partial charge in [0.2, 0.25) is 0 Å². The number of halogens is 1. The Balaban J connectivity index is 2.37. The monoisotopic (exact) mass is 356 g/mol. The Morgan fingerprint density at radius 1 is 1.28 bits per heavy atom. The standard InChI is InChI=1S/C14H13IO3/c1-9-8-11(16)13-10(14(9)17)4-2-5-12(13)18-7-3-6-15/h2,4-5,8H,3,6-7H2,1H3. The molecule has 0 spiro atoms. The maximum Gasteiger partial charge on any atom is 0.190 e. The molecule has 0 bridgehead atoms. The molecule has 1 aromatic carbocycles. The van der Waals surface area contributed by atoms with Gasteiger partial charge in [0.15, 0.2) is 11.6 Å². The van der Waals surface area contributed by atoms with E-state index in [-0.39, 0.29) is 11.6 Å². The Labute approximate surface area is 119 Å². The van der Waals surface area contributed by atoms with Gasteiger partial charge in [-0.1, -0.05) is 34.7 Å². The molecule has 0 unspecified atom stereocenters. The van der Waals surface area contributed by atoms with Crippen LogP contribution in [-0.4, -0.2) is 22.6 Å². The predicted molar refractivity (Wildman–Crippen MR) is 77.9 cm³/mol. The molecular formula is C14H13IO3. The van der Waals surface area contributed by atoms with Crippen LogP contribution in [0.4, 0.5) is 0 Å². The lowest BCUT2D eigenvalue weighted by Gasteiger charge is -2.16. The van der Waals surface area contributed by atoms with Crippen LogP contribution in [0.25, 0.3) is 0 Å². The molecule has 18 heavy (non-hydrogen) atoms. The summed E-state index contributed by atoms with van der Waals surface area (Å²) >= 11 is 2.27. The molecule has 0 N–H and O–H groups in total. The second-order valence-corrected chi connectivity index (χ2v) is 5.17. The summed E-state index contributed by atoms with van der Waals surface area (Å²) in [5.74, 6) is 0.274. The molecule has 1 aliphatic carbocycles. The molecule has 2 rings (SSSR count). The van der Waals surface area contributed by atoms with Crippen molar-refractivity contribution < 1.29 is 14.3 Å². The quantitative estimate of drug-likeness (QED) is 0.473. The van der Waals surface area contributed by atoms with Gasteiger partial charge in [0.05, 0.1) is 12.2 Å². The minimum Gasteiger partial charge on any atom is -0.493 e. The van der Waals surface area contributed by atoms with E-state index in [0.29, 0.717) is 29.1 Å². The van der Waals surface area contributed by atoms with E-state index in [0.717, 1.165) is 10.8 Å². The van der Waals surface area contributed by atoms with Crippen LogP contribution >= 0.6 is 22.6 Å². The van der Waals surface area contributed by atoms with Gasteiger partial charge in [0.1, 0.15) is 5.75 Å². The smallest absolute Gasteiger partial charge is 0.190 e. The molecule has 1 aromatic rings. The Morgan fingerprint density at radius 2 is 2.06 bits per heavy atom. The van der Waals surface area contributed by atoms with Gasteiger partial charge < -0.3 is 4.74 Å². The van der Waals surface area contributed by atoms with Gasteiger partial charge in [0, 0.05) is 15.6 Å². The molecular weight excluding hydrogens is 343 g/mol. The Morgan fingerprint density at radius 3 is 2.78 bits per heavy atom. The first-order valence-electron chi connectivity index (χ1n) is 5.74. The zero-order valence-corrected chi connectivity index (χ0v) is 12.2. The van der Waals surface area contributed by atoms with Crippen LogP contribution in [-0.2, 0) is 0 Å². The van der Waals surface area contributed by atoms with E-state index in [1.165, 1.54) is 6.08 Å². The molecule has 0 aromatic heterocycles. The van der Waals surface area contributed by atoms with E-state index >= 15 is 0 Å². The molecule has 0 saturated carbocycles. The fraction of sp³-hybridized carbons (Fsp3) is 0.286. The third-order valence-electron chi connectivity index (χ3n) is 2.76. The van der Waals surface area contributed by atoms with Gasteiger partial charge in [-0.25, -0.2) is 0 Å². The zero-order valence-electron chi connectivity index (χ0n) is 10.0. The van der Waals surface area contributed by atoms with Crippen LogP contribution in [0.5, 0.6) is 5.75 Å². The maximum atomic E-state index is 12.0. The summed E-state index contributed by atoms with van der Waals surface area (Å²) in [6, 6.07) is 5.17. The van der Waals surface area contributed by atoms with Crippen LogP contribution in [0.15, 0.2) is 29.8 Å². The number of hydrogen-bond donors (Lipinski definition) is 0. The number of carbonyl (C=O) groups is 2. The van der Waals surface area contributed by atoms with Gasteiger partial charge in [-0.15, -0.1) is 0 Å². The average Bonchev–Trinajstić information content (AvgIpc) is 2.36. The molecule has 0 aliphatic heterocycles. The zero-order chi connectivity index (χ0) is 13.1. The van der Waals surface area contributed by atoms with Crippen molar-refractivity contribution >= 4 is 34.2 Å². The fourth-order valence-electron chi connectivity index (χ4n) is 1.88. The highest BCUT2D eigenvalue weighted by Gasteiger charge is 2.26. The number of Topliss-reactive ketones (excluding diaryl/α,β-unsaturated/α-hetero) is 1. The highest BCUT2D eigenvalue weighted by molar-refractivity contribution is 14.1. The van der Waals surface area contributed by atoms with Crippen LogP contribution in [0.2, 0.25) is 0 Å². The van der Waals surface area contributed by atoms with Gasteiger partial charge in [-0.2, -0.15) is 0 Å². The van der Waals surface area contributed by atoms with Gasteiger partial charge in [-0.3, -0.25) is 9.59 Å². The lowest BCUT2D eigenvalue weighted by atomic mass is 9.89. The molecule has 0 saturated heterocycles. The number of rotatable bonds is 4. The summed E-state index contributed by atoms with van der Waals surface area (Å²) in [6.07, 6.45) is 2.30. The molecule has 0 atom stereocenters. The van der Waals surface area contributed by atoms with E-state index < -0.39 is 0 Å². The van der Waals surface area contributed by atoms with Crippen LogP contribution in [0.1, 0.15) is 34.1 Å². The van der Waals surface area contributed by atoms with Crippen molar-refractivity contribution in [2.24, 2.45) is 0 Å². The van der Waals surface area contributed by atoms with E-state index in [9.17, 15) is 9.59 Å². The molecule has 94 valence electrons. The third-order valence-corrected chi connectivity index (χ3v) is 3.52. The molecule has 3 nitrogen and oxygen atoms in total. The van der Waals surface area contributed by atoms with Crippen LogP contribution in [0.3, 0.4) is 0 Å². The van der Waals surface area contributed by atoms with Gasteiger partial charge >= 0.3 is 0 Å². The summed E-state index contributed by atoms with van der Waals surface area (Å²) < 4.78 is 6.59. The van der Waals surface area contributed by atoms with Crippen molar-refractivity contribution in [3.63, 3.8) is 0 Å². The molecule has 0 radical (unpaired) electrons. The number of hydrogen-bond acceptors (Lipinski definition) is 3. The van der Waals surface area contributed by atoms with E-state index in [2.05, 4.69) is 22.6 Å². The van der Waals surface area contributed by atoms with Crippen molar-refractivity contribution in [1.82, 2.24) is 0 Å². The Kier molecular flexibility index (Phi) is 4.16. The molecule has 0 amide bonds. The molecule has 1 aliphatic rings. The number of benzene rings is 1. The number of ketones is 2. The predicted octanol–water partition coefficient (Wildman–Crippen LogP) is 3.22. The summed E-state index contributed by atoms with van der Waals surface area (Å²) in [7, 11) is 0. The van der Waals surface area contributed by atoms with Crippen molar-refractivity contribution in [2.75, 3.05) is 11.0 Å². The summed E-state index contributed by atoms with van der Waals surface area (Å²) in [6.45, 7) is 2.22. The lowest BCUT2D eigenvalue weighted by Crippen LogP contribution is -2.17. The van der Waals surface area contributed by atoms with Crippen molar-refractivity contribution in [2.45, 2.75) is 13.3 Å². The molecule has 0 heterocycles. The SMILES string of the molecule is CC1=CC(=O)c2c(OCCCI)cccc2C1=O. The Bertz CT molecular complexity index is 532. The van der Waals surface area contributed by atoms with Gasteiger partial charge in [0.25, 0.3) is 0 Å². The van der Waals surface area contributed by atoms with Gasteiger partial charge in [-0.05, 0) is 25.5 Å². The molecule has 0 fully saturated rings. The van der Waals surface area contributed by atoms with Crippen molar-refractivity contribution in [3.05, 3.63) is 41.0 Å².